The number of hydrogen-bond donors (Lipinski definition) is 2. The fraction of sp³-hybridized carbons (Fsp3) is 0.286. The van der Waals surface area contributed by atoms with Gasteiger partial charge in [-0.25, -0.2) is 18.4 Å². The van der Waals surface area contributed by atoms with E-state index in [-0.39, 0.29) is 29.8 Å². The number of amides is 1. The van der Waals surface area contributed by atoms with Gasteiger partial charge in [0.25, 0.3) is 5.91 Å². The van der Waals surface area contributed by atoms with Crippen LogP contribution in [0.3, 0.4) is 0 Å². The molecule has 0 unspecified atom stereocenters. The molecule has 1 saturated heterocycles. The summed E-state index contributed by atoms with van der Waals surface area (Å²) in [6.07, 6.45) is 2.74. The summed E-state index contributed by atoms with van der Waals surface area (Å²) in [6, 6.07) is 6.95. The predicted octanol–water partition coefficient (Wildman–Crippen LogP) is 2.42. The van der Waals surface area contributed by atoms with Crippen LogP contribution in [0.5, 0.6) is 0 Å². The molecular weight excluding hydrogens is 392 g/mol. The van der Waals surface area contributed by atoms with Gasteiger partial charge in [-0.05, 0) is 31.0 Å². The van der Waals surface area contributed by atoms with Gasteiger partial charge in [0.05, 0.1) is 40.9 Å². The number of carbonyl (C=O) groups is 1. The minimum absolute atomic E-state index is 0.106. The van der Waals surface area contributed by atoms with Crippen LogP contribution in [0.25, 0.3) is 16.9 Å². The molecule has 2 aliphatic rings. The van der Waals surface area contributed by atoms with E-state index in [1.54, 1.807) is 6.20 Å². The molecule has 7 nitrogen and oxygen atoms in total. The lowest BCUT2D eigenvalue weighted by molar-refractivity contribution is 0.0965. The van der Waals surface area contributed by atoms with E-state index in [9.17, 15) is 18.7 Å². The van der Waals surface area contributed by atoms with Gasteiger partial charge in [0, 0.05) is 25.4 Å². The van der Waals surface area contributed by atoms with Gasteiger partial charge < -0.3 is 15.3 Å². The fourth-order valence-corrected chi connectivity index (χ4v) is 3.97. The smallest absolute Gasteiger partial charge is 0.255 e. The summed E-state index contributed by atoms with van der Waals surface area (Å²) >= 11 is 0. The second kappa shape index (κ2) is 7.17. The standard InChI is InChI=1S/C21H19F2N5O2/c22-13-2-1-3-14(23)19(13)15-10-17(20-16(25-15)11-24-21(20)30)28-9-6-18(26-28)27-7-4-12(29)5-8-27/h1-3,6,9-10,12,29H,4-5,7-8,11H2,(H,24,30). The van der Waals surface area contributed by atoms with Gasteiger partial charge in [0.15, 0.2) is 5.82 Å². The largest absolute Gasteiger partial charge is 0.393 e. The van der Waals surface area contributed by atoms with Crippen LogP contribution in [0.2, 0.25) is 0 Å². The van der Waals surface area contributed by atoms with Gasteiger partial charge in [-0.15, -0.1) is 0 Å². The van der Waals surface area contributed by atoms with Crippen molar-refractivity contribution in [2.45, 2.75) is 25.5 Å². The highest BCUT2D eigenvalue weighted by Crippen LogP contribution is 2.31. The number of nitrogens with one attached hydrogen (secondary N) is 1. The van der Waals surface area contributed by atoms with Crippen molar-refractivity contribution in [1.29, 1.82) is 0 Å². The van der Waals surface area contributed by atoms with E-state index in [0.717, 1.165) is 0 Å². The fourth-order valence-electron chi connectivity index (χ4n) is 3.97. The van der Waals surface area contributed by atoms with Crippen molar-refractivity contribution in [3.8, 4) is 16.9 Å². The Morgan fingerprint density at radius 1 is 1.10 bits per heavy atom. The molecule has 154 valence electrons. The molecule has 1 aromatic carbocycles. The van der Waals surface area contributed by atoms with Crippen LogP contribution in [-0.4, -0.2) is 45.0 Å². The van der Waals surface area contributed by atoms with Crippen LogP contribution in [0, 0.1) is 11.6 Å². The van der Waals surface area contributed by atoms with Crippen LogP contribution in [0.4, 0.5) is 14.6 Å². The summed E-state index contributed by atoms with van der Waals surface area (Å²) in [7, 11) is 0. The SMILES string of the molecule is O=C1NCc2nc(-c3c(F)cccc3F)cc(-n3ccc(N4CCC(O)CC4)n3)c21. The zero-order valence-electron chi connectivity index (χ0n) is 16.0. The van der Waals surface area contributed by atoms with E-state index in [0.29, 0.717) is 48.7 Å². The van der Waals surface area contributed by atoms with Crippen molar-refractivity contribution in [1.82, 2.24) is 20.1 Å². The van der Waals surface area contributed by atoms with Gasteiger partial charge in [-0.1, -0.05) is 6.07 Å². The Bertz CT molecular complexity index is 1120. The number of nitrogens with zero attached hydrogens (tertiary/aromatic N) is 4. The molecule has 0 atom stereocenters. The number of pyridine rings is 1. The molecule has 4 heterocycles. The Morgan fingerprint density at radius 3 is 2.57 bits per heavy atom. The first-order chi connectivity index (χ1) is 14.5. The van der Waals surface area contributed by atoms with Crippen LogP contribution in [0.15, 0.2) is 36.5 Å². The molecule has 2 N–H and O–H groups in total. The number of carbonyl (C=O) groups excluding carboxylic acids is 1. The van der Waals surface area contributed by atoms with E-state index in [1.807, 2.05) is 6.07 Å². The average Bonchev–Trinajstić information content (AvgIpc) is 3.36. The Labute approximate surface area is 171 Å². The quantitative estimate of drug-likeness (QED) is 0.692. The lowest BCUT2D eigenvalue weighted by Gasteiger charge is -2.29. The first-order valence-corrected chi connectivity index (χ1v) is 9.77. The van der Waals surface area contributed by atoms with Crippen molar-refractivity contribution in [3.05, 3.63) is 59.4 Å². The second-order valence-electron chi connectivity index (χ2n) is 7.46. The monoisotopic (exact) mass is 411 g/mol. The van der Waals surface area contributed by atoms with Crippen molar-refractivity contribution in [2.75, 3.05) is 18.0 Å². The summed E-state index contributed by atoms with van der Waals surface area (Å²) in [6.45, 7) is 1.54. The number of halogens is 2. The molecular formula is C21H19F2N5O2. The molecule has 2 aliphatic heterocycles. The third-order valence-electron chi connectivity index (χ3n) is 5.55. The van der Waals surface area contributed by atoms with Gasteiger partial charge in [-0.2, -0.15) is 5.10 Å². The minimum atomic E-state index is -0.723. The van der Waals surface area contributed by atoms with Crippen LogP contribution in [0.1, 0.15) is 28.9 Å². The summed E-state index contributed by atoms with van der Waals surface area (Å²) < 4.78 is 30.3. The van der Waals surface area contributed by atoms with Gasteiger partial charge >= 0.3 is 0 Å². The zero-order valence-corrected chi connectivity index (χ0v) is 16.0. The maximum Gasteiger partial charge on any atom is 0.255 e. The van der Waals surface area contributed by atoms with Crippen molar-refractivity contribution >= 4 is 11.7 Å². The topological polar surface area (TPSA) is 83.3 Å². The highest BCUT2D eigenvalue weighted by molar-refractivity contribution is 6.01. The molecule has 1 amide bonds. The molecule has 2 aromatic heterocycles. The van der Waals surface area contributed by atoms with Crippen LogP contribution < -0.4 is 10.2 Å². The number of anilines is 1. The van der Waals surface area contributed by atoms with E-state index in [1.165, 1.54) is 28.9 Å². The number of fused-ring (bicyclic) bond motifs is 1. The lowest BCUT2D eigenvalue weighted by Crippen LogP contribution is -2.36. The van der Waals surface area contributed by atoms with E-state index >= 15 is 0 Å². The van der Waals surface area contributed by atoms with Gasteiger partial charge in [0.2, 0.25) is 0 Å². The normalized spacial score (nSPS) is 16.6. The first-order valence-electron chi connectivity index (χ1n) is 9.77. The summed E-state index contributed by atoms with van der Waals surface area (Å²) in [5.74, 6) is -1.03. The number of aliphatic hydroxyl groups is 1. The van der Waals surface area contributed by atoms with Crippen molar-refractivity contribution in [3.63, 3.8) is 0 Å². The molecule has 0 aliphatic carbocycles. The molecule has 30 heavy (non-hydrogen) atoms. The number of aromatic nitrogens is 3. The molecule has 0 spiro atoms. The Balaban J connectivity index is 1.60. The number of hydrogen-bond acceptors (Lipinski definition) is 5. The molecule has 0 saturated carbocycles. The van der Waals surface area contributed by atoms with Crippen LogP contribution in [-0.2, 0) is 6.54 Å². The molecule has 3 aromatic rings. The van der Waals surface area contributed by atoms with Crippen molar-refractivity contribution in [2.24, 2.45) is 0 Å². The number of piperidine rings is 1. The van der Waals surface area contributed by atoms with Crippen molar-refractivity contribution < 1.29 is 18.7 Å². The van der Waals surface area contributed by atoms with Gasteiger partial charge in [-0.3, -0.25) is 4.79 Å². The number of benzene rings is 1. The van der Waals surface area contributed by atoms with Gasteiger partial charge in [0.1, 0.15) is 11.6 Å². The second-order valence-corrected chi connectivity index (χ2v) is 7.46. The maximum atomic E-state index is 14.4. The summed E-state index contributed by atoms with van der Waals surface area (Å²) in [4.78, 5) is 18.8. The van der Waals surface area contributed by atoms with E-state index in [4.69, 9.17) is 0 Å². The van der Waals surface area contributed by atoms with E-state index in [2.05, 4.69) is 20.3 Å². The lowest BCUT2D eigenvalue weighted by atomic mass is 10.1. The molecule has 0 bridgehead atoms. The maximum absolute atomic E-state index is 14.4. The zero-order chi connectivity index (χ0) is 20.8. The van der Waals surface area contributed by atoms with Crippen LogP contribution >= 0.6 is 0 Å². The molecule has 1 fully saturated rings. The third-order valence-corrected chi connectivity index (χ3v) is 5.55. The number of aliphatic hydroxyl groups excluding tert-OH is 1. The first kappa shape index (κ1) is 18.7. The highest BCUT2D eigenvalue weighted by Gasteiger charge is 2.28. The highest BCUT2D eigenvalue weighted by atomic mass is 19.1. The predicted molar refractivity (Wildman–Crippen MR) is 105 cm³/mol. The Morgan fingerprint density at radius 2 is 1.83 bits per heavy atom. The molecule has 5 rings (SSSR count). The Kier molecular flexibility index (Phi) is 4.47. The third kappa shape index (κ3) is 3.11. The van der Waals surface area contributed by atoms with E-state index < -0.39 is 11.6 Å². The number of rotatable bonds is 3. The molecule has 0 radical (unpaired) electrons. The Hall–Kier alpha value is -3.33. The minimum Gasteiger partial charge on any atom is -0.393 e. The average molecular weight is 411 g/mol. The summed E-state index contributed by atoms with van der Waals surface area (Å²) in [5, 5.41) is 17.0. The summed E-state index contributed by atoms with van der Waals surface area (Å²) in [5.41, 5.74) is 1.05. The molecule has 9 heteroatoms.